The van der Waals surface area contributed by atoms with E-state index >= 15 is 0 Å². The molecule has 2 rings (SSSR count). The van der Waals surface area contributed by atoms with Crippen LogP contribution in [0.1, 0.15) is 64.7 Å². The fraction of sp³-hybridized carbons (Fsp3) is 0.789. The number of hydrogen-bond donors (Lipinski definition) is 1. The monoisotopic (exact) mass is 338 g/mol. The minimum absolute atomic E-state index is 0.108. The molecule has 0 aliphatic heterocycles. The van der Waals surface area contributed by atoms with Crippen molar-refractivity contribution in [3.63, 3.8) is 0 Å². The van der Waals surface area contributed by atoms with Gasteiger partial charge in [0.2, 0.25) is 0 Å². The van der Waals surface area contributed by atoms with E-state index in [9.17, 15) is 14.7 Å². The first-order valence-corrected chi connectivity index (χ1v) is 9.16. The van der Waals surface area contributed by atoms with E-state index in [4.69, 9.17) is 9.47 Å². The lowest BCUT2D eigenvalue weighted by Gasteiger charge is -2.33. The number of ether oxygens (including phenoxy) is 2. The minimum Gasteiger partial charge on any atom is -0.462 e. The van der Waals surface area contributed by atoms with Crippen molar-refractivity contribution in [2.24, 2.45) is 11.8 Å². The maximum atomic E-state index is 12.1. The van der Waals surface area contributed by atoms with Crippen LogP contribution < -0.4 is 0 Å². The molecular formula is C19H30O5. The number of rotatable bonds is 6. The number of aliphatic hydroxyl groups excluding tert-OH is 1. The summed E-state index contributed by atoms with van der Waals surface area (Å²) in [6.45, 7) is 5.44. The first-order valence-electron chi connectivity index (χ1n) is 9.16. The molecule has 3 atom stereocenters. The lowest BCUT2D eigenvalue weighted by molar-refractivity contribution is -0.161. The van der Waals surface area contributed by atoms with Gasteiger partial charge in [-0.2, -0.15) is 0 Å². The zero-order valence-electron chi connectivity index (χ0n) is 14.7. The quantitative estimate of drug-likeness (QED) is 0.595. The lowest BCUT2D eigenvalue weighted by atomic mass is 9.85. The van der Waals surface area contributed by atoms with Crippen LogP contribution in [-0.4, -0.2) is 35.9 Å². The van der Waals surface area contributed by atoms with E-state index in [0.717, 1.165) is 19.3 Å². The van der Waals surface area contributed by atoms with Gasteiger partial charge in [-0.1, -0.05) is 25.8 Å². The molecule has 2 aliphatic rings. The van der Waals surface area contributed by atoms with Gasteiger partial charge in [0.1, 0.15) is 6.10 Å². The number of hydrogen-bond acceptors (Lipinski definition) is 5. The van der Waals surface area contributed by atoms with Crippen LogP contribution in [0.3, 0.4) is 0 Å². The first kappa shape index (κ1) is 19.0. The van der Waals surface area contributed by atoms with E-state index in [-0.39, 0.29) is 18.5 Å². The van der Waals surface area contributed by atoms with Crippen LogP contribution >= 0.6 is 0 Å². The first-order chi connectivity index (χ1) is 11.5. The summed E-state index contributed by atoms with van der Waals surface area (Å²) < 4.78 is 10.7. The van der Waals surface area contributed by atoms with Gasteiger partial charge in [0, 0.05) is 12.0 Å². The number of carbonyl (C=O) groups excluding carboxylic acids is 2. The van der Waals surface area contributed by atoms with Crippen molar-refractivity contribution in [1.82, 2.24) is 0 Å². The molecule has 0 amide bonds. The van der Waals surface area contributed by atoms with Crippen LogP contribution in [0.25, 0.3) is 0 Å². The van der Waals surface area contributed by atoms with Gasteiger partial charge in [0.25, 0.3) is 0 Å². The predicted molar refractivity (Wildman–Crippen MR) is 90.2 cm³/mol. The van der Waals surface area contributed by atoms with E-state index in [0.29, 0.717) is 30.8 Å². The third-order valence-electron chi connectivity index (χ3n) is 5.12. The van der Waals surface area contributed by atoms with Crippen molar-refractivity contribution in [3.05, 3.63) is 12.2 Å². The highest BCUT2D eigenvalue weighted by Crippen LogP contribution is 2.30. The van der Waals surface area contributed by atoms with E-state index in [2.05, 4.69) is 6.58 Å². The number of esters is 2. The molecule has 2 fully saturated rings. The number of aliphatic hydroxyl groups is 1. The molecular weight excluding hydrogens is 308 g/mol. The van der Waals surface area contributed by atoms with Crippen molar-refractivity contribution in [2.45, 2.75) is 76.9 Å². The van der Waals surface area contributed by atoms with E-state index in [1.807, 2.05) is 0 Å². The van der Waals surface area contributed by atoms with Crippen molar-refractivity contribution >= 4 is 11.9 Å². The van der Waals surface area contributed by atoms with Crippen LogP contribution in [0, 0.1) is 11.8 Å². The zero-order chi connectivity index (χ0) is 17.5. The Morgan fingerprint density at radius 3 is 2.42 bits per heavy atom. The van der Waals surface area contributed by atoms with Crippen LogP contribution in [-0.2, 0) is 19.1 Å². The fourth-order valence-corrected chi connectivity index (χ4v) is 3.65. The van der Waals surface area contributed by atoms with Crippen molar-refractivity contribution < 1.29 is 24.2 Å². The van der Waals surface area contributed by atoms with Crippen LogP contribution in [0.15, 0.2) is 12.2 Å². The second-order valence-corrected chi connectivity index (χ2v) is 7.36. The molecule has 5 heteroatoms. The summed E-state index contributed by atoms with van der Waals surface area (Å²) in [5, 5.41) is 10.2. The molecule has 0 radical (unpaired) electrons. The van der Waals surface area contributed by atoms with E-state index < -0.39 is 18.2 Å². The molecule has 2 saturated carbocycles. The smallest absolute Gasteiger partial charge is 0.333 e. The van der Waals surface area contributed by atoms with Crippen molar-refractivity contribution in [3.8, 4) is 0 Å². The summed E-state index contributed by atoms with van der Waals surface area (Å²) in [4.78, 5) is 23.5. The third kappa shape index (κ3) is 5.93. The Hall–Kier alpha value is -1.36. The Bertz CT molecular complexity index is 453. The molecule has 0 aromatic carbocycles. The summed E-state index contributed by atoms with van der Waals surface area (Å²) in [7, 11) is 0. The predicted octanol–water partition coefficient (Wildman–Crippen LogP) is 3.15. The molecule has 0 spiro atoms. The van der Waals surface area contributed by atoms with Gasteiger partial charge in [0.15, 0.2) is 0 Å². The topological polar surface area (TPSA) is 72.8 Å². The highest BCUT2D eigenvalue weighted by atomic mass is 16.6. The molecule has 0 heterocycles. The maximum absolute atomic E-state index is 12.1. The second-order valence-electron chi connectivity index (χ2n) is 7.36. The van der Waals surface area contributed by atoms with Gasteiger partial charge in [0.05, 0.1) is 12.7 Å². The summed E-state index contributed by atoms with van der Waals surface area (Å²) in [6, 6.07) is 0. The van der Waals surface area contributed by atoms with Gasteiger partial charge in [-0.25, -0.2) is 4.79 Å². The molecule has 0 bridgehead atoms. The molecule has 0 aromatic heterocycles. The standard InChI is InChI=1S/C19H30O5/c1-13(2)19(22)23-12-15-8-9-17(16(20)10-15)24-18(21)11-14-6-4-3-5-7-14/h14-17,20H,1,3-12H2,2H3. The van der Waals surface area contributed by atoms with Gasteiger partial charge in [-0.15, -0.1) is 0 Å². The largest absolute Gasteiger partial charge is 0.462 e. The Morgan fingerprint density at radius 1 is 1.08 bits per heavy atom. The van der Waals surface area contributed by atoms with Gasteiger partial charge < -0.3 is 14.6 Å². The van der Waals surface area contributed by atoms with Crippen LogP contribution in [0.2, 0.25) is 0 Å². The fourth-order valence-electron chi connectivity index (χ4n) is 3.65. The molecule has 2 aliphatic carbocycles. The van der Waals surface area contributed by atoms with Crippen LogP contribution in [0.5, 0.6) is 0 Å². The normalized spacial score (nSPS) is 28.2. The molecule has 3 unspecified atom stereocenters. The van der Waals surface area contributed by atoms with E-state index in [1.54, 1.807) is 6.92 Å². The molecule has 136 valence electrons. The Morgan fingerprint density at radius 2 is 1.79 bits per heavy atom. The highest BCUT2D eigenvalue weighted by molar-refractivity contribution is 5.86. The number of carbonyl (C=O) groups is 2. The summed E-state index contributed by atoms with van der Waals surface area (Å²) in [6.07, 6.45) is 7.16. The molecule has 1 N–H and O–H groups in total. The van der Waals surface area contributed by atoms with E-state index in [1.165, 1.54) is 19.3 Å². The Balaban J connectivity index is 1.69. The molecule has 24 heavy (non-hydrogen) atoms. The Kier molecular flexibility index (Phi) is 7.28. The maximum Gasteiger partial charge on any atom is 0.333 e. The lowest BCUT2D eigenvalue weighted by Crippen LogP contribution is -2.39. The molecule has 0 saturated heterocycles. The van der Waals surface area contributed by atoms with Gasteiger partial charge in [-0.05, 0) is 50.9 Å². The minimum atomic E-state index is -0.678. The van der Waals surface area contributed by atoms with Crippen molar-refractivity contribution in [1.29, 1.82) is 0 Å². The molecule has 0 aromatic rings. The highest BCUT2D eigenvalue weighted by Gasteiger charge is 2.33. The average molecular weight is 338 g/mol. The van der Waals surface area contributed by atoms with Crippen LogP contribution in [0.4, 0.5) is 0 Å². The summed E-state index contributed by atoms with van der Waals surface area (Å²) in [5.74, 6) is -0.0264. The summed E-state index contributed by atoms with van der Waals surface area (Å²) >= 11 is 0. The van der Waals surface area contributed by atoms with Crippen molar-refractivity contribution in [2.75, 3.05) is 6.61 Å². The second kappa shape index (κ2) is 9.21. The SMILES string of the molecule is C=C(C)C(=O)OCC1CCC(OC(=O)CC2CCCCC2)C(O)C1. The Labute approximate surface area is 144 Å². The third-order valence-corrected chi connectivity index (χ3v) is 5.12. The van der Waals surface area contributed by atoms with Gasteiger partial charge in [-0.3, -0.25) is 4.79 Å². The molecule has 5 nitrogen and oxygen atoms in total. The average Bonchev–Trinajstić information content (AvgIpc) is 2.55. The zero-order valence-corrected chi connectivity index (χ0v) is 14.7. The summed E-state index contributed by atoms with van der Waals surface area (Å²) in [5.41, 5.74) is 0.376. The van der Waals surface area contributed by atoms with Gasteiger partial charge >= 0.3 is 11.9 Å².